The number of aryl methyl sites for hydroxylation is 1. The molecule has 0 bridgehead atoms. The fraction of sp³-hybridized carbons (Fsp3) is 0.185. The highest BCUT2D eigenvalue weighted by Crippen LogP contribution is 2.31. The van der Waals surface area contributed by atoms with E-state index in [0.29, 0.717) is 36.8 Å². The van der Waals surface area contributed by atoms with E-state index in [2.05, 4.69) is 34.2 Å². The number of anilines is 1. The highest BCUT2D eigenvalue weighted by molar-refractivity contribution is 6.31. The van der Waals surface area contributed by atoms with Crippen LogP contribution in [0.4, 0.5) is 5.95 Å². The molecule has 1 aliphatic rings. The molecule has 0 saturated carbocycles. The number of piperazine rings is 1. The average Bonchev–Trinajstić information content (AvgIpc) is 3.33. The molecular formula is C27H23ClN6O. The topological polar surface area (TPSA) is 66.6 Å². The van der Waals surface area contributed by atoms with Crippen LogP contribution in [0.2, 0.25) is 5.02 Å². The average molecular weight is 483 g/mol. The Morgan fingerprint density at radius 1 is 0.886 bits per heavy atom. The second kappa shape index (κ2) is 8.67. The standard InChI is InChI=1S/C27H23ClN6O/c1-18-7-5-6-10-21(18)24-30-31-25-22-12-11-20(28)17-23(22)29-27(34(24)25)33-15-13-32(14-16-33)26(35)19-8-3-2-4-9-19/h2-12,17H,13-16H2,1H3. The van der Waals surface area contributed by atoms with E-state index >= 15 is 0 Å². The summed E-state index contributed by atoms with van der Waals surface area (Å²) in [4.78, 5) is 22.1. The van der Waals surface area contributed by atoms with Crippen LogP contribution in [0, 0.1) is 6.92 Å². The summed E-state index contributed by atoms with van der Waals surface area (Å²) in [7, 11) is 0. The first kappa shape index (κ1) is 21.6. The number of aromatic nitrogens is 4. The third-order valence-corrected chi connectivity index (χ3v) is 6.78. The lowest BCUT2D eigenvalue weighted by Gasteiger charge is -2.35. The number of carbonyl (C=O) groups excluding carboxylic acids is 1. The van der Waals surface area contributed by atoms with Crippen LogP contribution in [0.3, 0.4) is 0 Å². The molecule has 0 unspecified atom stereocenters. The summed E-state index contributed by atoms with van der Waals surface area (Å²) in [6.45, 7) is 4.58. The van der Waals surface area contributed by atoms with Crippen molar-refractivity contribution in [1.29, 1.82) is 0 Å². The summed E-state index contributed by atoms with van der Waals surface area (Å²) >= 11 is 6.30. The zero-order chi connectivity index (χ0) is 23.9. The number of hydrogen-bond acceptors (Lipinski definition) is 5. The van der Waals surface area contributed by atoms with E-state index in [4.69, 9.17) is 16.6 Å². The number of fused-ring (bicyclic) bond motifs is 3. The fourth-order valence-electron chi connectivity index (χ4n) is 4.68. The zero-order valence-electron chi connectivity index (χ0n) is 19.2. The Bertz CT molecular complexity index is 1560. The third-order valence-electron chi connectivity index (χ3n) is 6.54. The van der Waals surface area contributed by atoms with Crippen molar-refractivity contribution in [2.45, 2.75) is 6.92 Å². The number of nitrogens with zero attached hydrogens (tertiary/aromatic N) is 6. The molecule has 5 aromatic rings. The molecule has 3 aromatic carbocycles. The van der Waals surface area contributed by atoms with Gasteiger partial charge in [0.05, 0.1) is 5.52 Å². The van der Waals surface area contributed by atoms with Gasteiger partial charge in [0.15, 0.2) is 11.5 Å². The molecule has 1 saturated heterocycles. The minimum atomic E-state index is 0.0542. The van der Waals surface area contributed by atoms with Gasteiger partial charge in [-0.1, -0.05) is 54.1 Å². The number of amides is 1. The lowest BCUT2D eigenvalue weighted by Crippen LogP contribution is -2.49. The SMILES string of the molecule is Cc1ccccc1-c1nnc2c3ccc(Cl)cc3nc(N3CCN(C(=O)c4ccccc4)CC3)n12. The molecule has 8 heteroatoms. The Kier molecular flexibility index (Phi) is 5.34. The maximum Gasteiger partial charge on any atom is 0.253 e. The molecule has 0 radical (unpaired) electrons. The zero-order valence-corrected chi connectivity index (χ0v) is 20.0. The van der Waals surface area contributed by atoms with Gasteiger partial charge in [0, 0.05) is 47.7 Å². The predicted octanol–water partition coefficient (Wildman–Crippen LogP) is 4.87. The Morgan fingerprint density at radius 3 is 2.40 bits per heavy atom. The number of carbonyl (C=O) groups is 1. The highest BCUT2D eigenvalue weighted by atomic mass is 35.5. The summed E-state index contributed by atoms with van der Waals surface area (Å²) < 4.78 is 2.03. The van der Waals surface area contributed by atoms with E-state index in [0.717, 1.165) is 39.4 Å². The molecule has 1 fully saturated rings. The minimum absolute atomic E-state index is 0.0542. The van der Waals surface area contributed by atoms with E-state index in [1.165, 1.54) is 0 Å². The Morgan fingerprint density at radius 2 is 1.63 bits per heavy atom. The quantitative estimate of drug-likeness (QED) is 0.367. The Balaban J connectivity index is 1.43. The van der Waals surface area contributed by atoms with Crippen molar-refractivity contribution in [3.8, 4) is 11.4 Å². The lowest BCUT2D eigenvalue weighted by atomic mass is 10.1. The number of rotatable bonds is 3. The van der Waals surface area contributed by atoms with Crippen LogP contribution in [0.25, 0.3) is 27.9 Å². The van der Waals surface area contributed by atoms with Crippen molar-refractivity contribution < 1.29 is 4.79 Å². The minimum Gasteiger partial charge on any atom is -0.338 e. The normalized spacial score (nSPS) is 14.1. The molecule has 7 nitrogen and oxygen atoms in total. The van der Waals surface area contributed by atoms with E-state index in [-0.39, 0.29) is 5.91 Å². The van der Waals surface area contributed by atoms with E-state index < -0.39 is 0 Å². The first-order chi connectivity index (χ1) is 17.1. The molecule has 174 valence electrons. The Labute approximate surface area is 207 Å². The molecule has 0 N–H and O–H groups in total. The van der Waals surface area contributed by atoms with Crippen LogP contribution in [0.1, 0.15) is 15.9 Å². The van der Waals surface area contributed by atoms with Gasteiger partial charge in [-0.05, 0) is 42.8 Å². The monoisotopic (exact) mass is 482 g/mol. The summed E-state index contributed by atoms with van der Waals surface area (Å²) in [6.07, 6.45) is 0. The summed E-state index contributed by atoms with van der Waals surface area (Å²) in [5.74, 6) is 1.56. The van der Waals surface area contributed by atoms with Gasteiger partial charge < -0.3 is 9.80 Å². The van der Waals surface area contributed by atoms with Gasteiger partial charge in [-0.3, -0.25) is 4.79 Å². The third kappa shape index (κ3) is 3.78. The second-order valence-electron chi connectivity index (χ2n) is 8.72. The van der Waals surface area contributed by atoms with Crippen molar-refractivity contribution in [2.75, 3.05) is 31.1 Å². The van der Waals surface area contributed by atoms with Crippen LogP contribution in [-0.4, -0.2) is 56.6 Å². The van der Waals surface area contributed by atoms with E-state index in [9.17, 15) is 4.79 Å². The summed E-state index contributed by atoms with van der Waals surface area (Å²) in [6, 6.07) is 23.2. The van der Waals surface area contributed by atoms with Crippen LogP contribution in [0.15, 0.2) is 72.8 Å². The molecule has 0 spiro atoms. The van der Waals surface area contributed by atoms with Crippen LogP contribution in [0.5, 0.6) is 0 Å². The lowest BCUT2D eigenvalue weighted by molar-refractivity contribution is 0.0746. The molecule has 2 aromatic heterocycles. The van der Waals surface area contributed by atoms with E-state index in [1.54, 1.807) is 0 Å². The van der Waals surface area contributed by atoms with Gasteiger partial charge in [0.2, 0.25) is 5.95 Å². The molecule has 3 heterocycles. The molecule has 1 amide bonds. The molecule has 1 aliphatic heterocycles. The molecule has 35 heavy (non-hydrogen) atoms. The second-order valence-corrected chi connectivity index (χ2v) is 9.15. The first-order valence-corrected chi connectivity index (χ1v) is 12.0. The van der Waals surface area contributed by atoms with Crippen molar-refractivity contribution in [2.24, 2.45) is 0 Å². The Hall–Kier alpha value is -3.97. The van der Waals surface area contributed by atoms with Crippen molar-refractivity contribution >= 4 is 40.0 Å². The van der Waals surface area contributed by atoms with E-state index in [1.807, 2.05) is 70.0 Å². The largest absolute Gasteiger partial charge is 0.338 e. The van der Waals surface area contributed by atoms with Gasteiger partial charge >= 0.3 is 0 Å². The maximum atomic E-state index is 13.0. The van der Waals surface area contributed by atoms with Gasteiger partial charge in [0.25, 0.3) is 5.91 Å². The molecule has 6 rings (SSSR count). The summed E-state index contributed by atoms with van der Waals surface area (Å²) in [5, 5.41) is 10.7. The number of hydrogen-bond donors (Lipinski definition) is 0. The summed E-state index contributed by atoms with van der Waals surface area (Å²) in [5.41, 5.74) is 4.34. The first-order valence-electron chi connectivity index (χ1n) is 11.6. The smallest absolute Gasteiger partial charge is 0.253 e. The van der Waals surface area contributed by atoms with Crippen molar-refractivity contribution in [3.05, 3.63) is 88.9 Å². The molecule has 0 atom stereocenters. The molecule has 0 aliphatic carbocycles. The van der Waals surface area contributed by atoms with Crippen LogP contribution >= 0.6 is 11.6 Å². The predicted molar refractivity (Wildman–Crippen MR) is 138 cm³/mol. The number of benzene rings is 3. The molecular weight excluding hydrogens is 460 g/mol. The van der Waals surface area contributed by atoms with Crippen molar-refractivity contribution in [3.63, 3.8) is 0 Å². The van der Waals surface area contributed by atoms with Gasteiger partial charge in [0.1, 0.15) is 0 Å². The fourth-order valence-corrected chi connectivity index (χ4v) is 4.84. The van der Waals surface area contributed by atoms with Gasteiger partial charge in [-0.15, -0.1) is 10.2 Å². The van der Waals surface area contributed by atoms with Crippen LogP contribution in [-0.2, 0) is 0 Å². The number of halogens is 1. The van der Waals surface area contributed by atoms with Gasteiger partial charge in [-0.2, -0.15) is 0 Å². The van der Waals surface area contributed by atoms with Gasteiger partial charge in [-0.25, -0.2) is 9.38 Å². The van der Waals surface area contributed by atoms with Crippen LogP contribution < -0.4 is 4.90 Å². The van der Waals surface area contributed by atoms with Crippen molar-refractivity contribution in [1.82, 2.24) is 24.5 Å². The maximum absolute atomic E-state index is 13.0. The highest BCUT2D eigenvalue weighted by Gasteiger charge is 2.26.